The van der Waals surface area contributed by atoms with Crippen molar-refractivity contribution in [3.05, 3.63) is 109 Å². The molecule has 7 nitrogen and oxygen atoms in total. The van der Waals surface area contributed by atoms with Gasteiger partial charge in [-0.2, -0.15) is 13.2 Å². The number of imide groups is 1. The molecule has 4 aromatic rings. The lowest BCUT2D eigenvalue weighted by Crippen LogP contribution is -2.33. The van der Waals surface area contributed by atoms with Gasteiger partial charge in [-0.05, 0) is 48.9 Å². The van der Waals surface area contributed by atoms with Crippen LogP contribution in [0.1, 0.15) is 27.5 Å². The van der Waals surface area contributed by atoms with Crippen LogP contribution in [0.15, 0.2) is 87.1 Å². The van der Waals surface area contributed by atoms with E-state index in [9.17, 15) is 32.3 Å². The highest BCUT2D eigenvalue weighted by atomic mass is 79.9. The van der Waals surface area contributed by atoms with Crippen LogP contribution in [0.25, 0.3) is 0 Å². The van der Waals surface area contributed by atoms with Gasteiger partial charge in [0.1, 0.15) is 11.8 Å². The van der Waals surface area contributed by atoms with E-state index in [1.807, 2.05) is 19.1 Å². The number of alkyl halides is 3. The van der Waals surface area contributed by atoms with Gasteiger partial charge in [0.25, 0.3) is 0 Å². The molecule has 1 fully saturated rings. The Hall–Kier alpha value is -3.68. The SMILES string of the molecule is Cc1ccc(N2C(=O)C3Sc4c(sc(=O)n4CC(=O)Nc4ccccc4C(F)(F)F)[C@H](c4ccc(Br)cc4)C3C2=O)cc1. The van der Waals surface area contributed by atoms with E-state index >= 15 is 0 Å². The Morgan fingerprint density at radius 1 is 0.953 bits per heavy atom. The Bertz CT molecular complexity index is 1820. The summed E-state index contributed by atoms with van der Waals surface area (Å²) < 4.78 is 42.4. The van der Waals surface area contributed by atoms with Crippen molar-refractivity contribution in [1.82, 2.24) is 4.57 Å². The number of nitrogens with one attached hydrogen (secondary N) is 1. The molecule has 2 aliphatic rings. The monoisotopic (exact) mass is 687 g/mol. The van der Waals surface area contributed by atoms with Gasteiger partial charge in [-0.15, -0.1) is 0 Å². The van der Waals surface area contributed by atoms with Gasteiger partial charge in [0, 0.05) is 15.3 Å². The summed E-state index contributed by atoms with van der Waals surface area (Å²) in [6, 6.07) is 18.8. The Morgan fingerprint density at radius 3 is 2.30 bits per heavy atom. The number of hydrogen-bond acceptors (Lipinski definition) is 6. The standard InChI is InChI=1S/C30H21BrF3N3O4S2/c1-15-6-12-18(13-7-15)37-26(39)23-22(16-8-10-17(31)11-9-16)25-28(42-24(23)27(37)40)36(29(41)43-25)14-21(38)35-20-5-3-2-4-19(20)30(32,33)34/h2-13,22-24H,14H2,1H3,(H,35,38)/t22-,23?,24?/m1/s1. The number of anilines is 2. The van der Waals surface area contributed by atoms with Crippen molar-refractivity contribution in [3.63, 3.8) is 0 Å². The first-order valence-electron chi connectivity index (χ1n) is 13.0. The molecule has 43 heavy (non-hydrogen) atoms. The molecule has 1 aromatic heterocycles. The van der Waals surface area contributed by atoms with Crippen LogP contribution in [-0.4, -0.2) is 27.5 Å². The molecule has 3 aromatic carbocycles. The third-order valence-electron chi connectivity index (χ3n) is 7.38. The van der Waals surface area contributed by atoms with Crippen molar-refractivity contribution in [3.8, 4) is 0 Å². The lowest BCUT2D eigenvalue weighted by molar-refractivity contribution is -0.137. The highest BCUT2D eigenvalue weighted by molar-refractivity contribution is 9.10. The van der Waals surface area contributed by atoms with Gasteiger partial charge in [0.2, 0.25) is 17.7 Å². The number of thiazole rings is 1. The number of amides is 3. The van der Waals surface area contributed by atoms with E-state index in [1.54, 1.807) is 36.4 Å². The van der Waals surface area contributed by atoms with Gasteiger partial charge >= 0.3 is 11.0 Å². The van der Waals surface area contributed by atoms with E-state index in [2.05, 4.69) is 21.2 Å². The van der Waals surface area contributed by atoms with E-state index in [0.717, 1.165) is 45.3 Å². The minimum atomic E-state index is -4.69. The van der Waals surface area contributed by atoms with Crippen LogP contribution in [0.2, 0.25) is 0 Å². The van der Waals surface area contributed by atoms with Crippen LogP contribution < -0.4 is 15.1 Å². The smallest absolute Gasteiger partial charge is 0.324 e. The third-order valence-corrected chi connectivity index (χ3v) is 10.5. The zero-order chi connectivity index (χ0) is 30.6. The van der Waals surface area contributed by atoms with Crippen molar-refractivity contribution in [2.75, 3.05) is 10.2 Å². The van der Waals surface area contributed by atoms with Gasteiger partial charge in [-0.3, -0.25) is 23.7 Å². The van der Waals surface area contributed by atoms with Crippen molar-refractivity contribution >= 4 is 68.1 Å². The van der Waals surface area contributed by atoms with Gasteiger partial charge in [-0.25, -0.2) is 4.90 Å². The first-order valence-corrected chi connectivity index (χ1v) is 15.5. The van der Waals surface area contributed by atoms with Gasteiger partial charge < -0.3 is 5.32 Å². The van der Waals surface area contributed by atoms with E-state index < -0.39 is 57.7 Å². The fourth-order valence-electron chi connectivity index (χ4n) is 5.41. The van der Waals surface area contributed by atoms with Gasteiger partial charge in [0.15, 0.2) is 0 Å². The predicted octanol–water partition coefficient (Wildman–Crippen LogP) is 6.43. The molecule has 2 unspecified atom stereocenters. The van der Waals surface area contributed by atoms with E-state index in [-0.39, 0.29) is 5.91 Å². The second-order valence-electron chi connectivity index (χ2n) is 10.2. The lowest BCUT2D eigenvalue weighted by Gasteiger charge is -2.30. The molecule has 0 aliphatic carbocycles. The highest BCUT2D eigenvalue weighted by Gasteiger charge is 2.56. The highest BCUT2D eigenvalue weighted by Crippen LogP contribution is 2.54. The fraction of sp³-hybridized carbons (Fsp3) is 0.200. The van der Waals surface area contributed by atoms with Gasteiger partial charge in [-0.1, -0.05) is 81.0 Å². The molecule has 0 spiro atoms. The lowest BCUT2D eigenvalue weighted by atomic mass is 9.83. The van der Waals surface area contributed by atoms with E-state index in [0.29, 0.717) is 21.2 Å². The van der Waals surface area contributed by atoms with Crippen molar-refractivity contribution in [2.45, 2.75) is 35.8 Å². The molecule has 1 saturated heterocycles. The Labute approximate surface area is 259 Å². The number of thioether (sulfide) groups is 1. The molecule has 3 heterocycles. The summed E-state index contributed by atoms with van der Waals surface area (Å²) in [4.78, 5) is 55.2. The summed E-state index contributed by atoms with van der Waals surface area (Å²) >= 11 is 5.31. The molecule has 13 heteroatoms. The molecule has 6 rings (SSSR count). The van der Waals surface area contributed by atoms with Crippen LogP contribution in [0.4, 0.5) is 24.5 Å². The molecule has 220 valence electrons. The Kier molecular flexibility index (Phi) is 7.59. The van der Waals surface area contributed by atoms with E-state index in [4.69, 9.17) is 0 Å². The van der Waals surface area contributed by atoms with Crippen LogP contribution in [-0.2, 0) is 27.1 Å². The van der Waals surface area contributed by atoms with Gasteiger partial charge in [0.05, 0.1) is 27.9 Å². The number of rotatable bonds is 5. The van der Waals surface area contributed by atoms with Crippen LogP contribution in [0, 0.1) is 12.8 Å². The number of halogens is 4. The average Bonchev–Trinajstić information content (AvgIpc) is 3.40. The molecule has 1 N–H and O–H groups in total. The summed E-state index contributed by atoms with van der Waals surface area (Å²) in [7, 11) is 0. The van der Waals surface area contributed by atoms with Crippen LogP contribution in [0.5, 0.6) is 0 Å². The first-order chi connectivity index (χ1) is 20.4. The summed E-state index contributed by atoms with van der Waals surface area (Å²) in [5, 5.41) is 1.73. The van der Waals surface area contributed by atoms with Crippen LogP contribution >= 0.6 is 39.0 Å². The molecule has 0 saturated carbocycles. The molecule has 0 radical (unpaired) electrons. The summed E-state index contributed by atoms with van der Waals surface area (Å²) in [5.74, 6) is -3.14. The summed E-state index contributed by atoms with van der Waals surface area (Å²) in [5.41, 5.74) is 0.673. The molecule has 0 bridgehead atoms. The summed E-state index contributed by atoms with van der Waals surface area (Å²) in [6.45, 7) is 1.32. The number of aromatic nitrogens is 1. The molecular weight excluding hydrogens is 667 g/mol. The van der Waals surface area contributed by atoms with E-state index in [1.165, 1.54) is 21.6 Å². The normalized spacial score (nSPS) is 19.7. The second-order valence-corrected chi connectivity index (χ2v) is 13.2. The number of aryl methyl sites for hydroxylation is 1. The number of carbonyl (C=O) groups is 3. The maximum atomic E-state index is 13.9. The van der Waals surface area contributed by atoms with Crippen molar-refractivity contribution < 1.29 is 27.6 Å². The zero-order valence-corrected chi connectivity index (χ0v) is 25.4. The van der Waals surface area contributed by atoms with Crippen molar-refractivity contribution in [1.29, 1.82) is 0 Å². The Morgan fingerprint density at radius 2 is 1.63 bits per heavy atom. The molecule has 3 amide bonds. The molecule has 3 atom stereocenters. The third kappa shape index (κ3) is 5.34. The number of nitrogens with zero attached hydrogens (tertiary/aromatic N) is 2. The maximum Gasteiger partial charge on any atom is 0.418 e. The zero-order valence-electron chi connectivity index (χ0n) is 22.2. The second kappa shape index (κ2) is 11.1. The maximum absolute atomic E-state index is 13.9. The Balaban J connectivity index is 1.39. The van der Waals surface area contributed by atoms with Crippen molar-refractivity contribution in [2.24, 2.45) is 5.92 Å². The minimum Gasteiger partial charge on any atom is -0.324 e. The number of carbonyl (C=O) groups excluding carboxylic acids is 3. The average molecular weight is 689 g/mol. The van der Waals surface area contributed by atoms with Crippen LogP contribution in [0.3, 0.4) is 0 Å². The number of para-hydroxylation sites is 1. The molecule has 2 aliphatic heterocycles. The number of fused-ring (bicyclic) bond motifs is 2. The minimum absolute atomic E-state index is 0.343. The molecular formula is C30H21BrF3N3O4S2. The fourth-order valence-corrected chi connectivity index (χ4v) is 8.44. The number of hydrogen-bond donors (Lipinski definition) is 1. The predicted molar refractivity (Wildman–Crippen MR) is 161 cm³/mol. The number of benzene rings is 3. The largest absolute Gasteiger partial charge is 0.418 e. The quantitative estimate of drug-likeness (QED) is 0.244. The first kappa shape index (κ1) is 29.4. The summed E-state index contributed by atoms with van der Waals surface area (Å²) in [6.07, 6.45) is -4.69. The topological polar surface area (TPSA) is 88.5 Å².